The van der Waals surface area contributed by atoms with Crippen LogP contribution in [0.25, 0.3) is 10.9 Å². The summed E-state index contributed by atoms with van der Waals surface area (Å²) in [5, 5.41) is 14.8. The van der Waals surface area contributed by atoms with Crippen LogP contribution in [0.2, 0.25) is 0 Å². The van der Waals surface area contributed by atoms with Crippen molar-refractivity contribution in [2.75, 3.05) is 0 Å². The summed E-state index contributed by atoms with van der Waals surface area (Å²) in [6.07, 6.45) is 2.02. The van der Waals surface area contributed by atoms with Crippen molar-refractivity contribution in [3.05, 3.63) is 110 Å². The number of nitro benzene ring substituents is 1. The van der Waals surface area contributed by atoms with Crippen molar-refractivity contribution in [1.29, 1.82) is 0 Å². The second-order valence-corrected chi connectivity index (χ2v) is 8.30. The van der Waals surface area contributed by atoms with Gasteiger partial charge >= 0.3 is 0 Å². The van der Waals surface area contributed by atoms with E-state index in [1.165, 1.54) is 17.7 Å². The second kappa shape index (κ2) is 8.73. The zero-order valence-corrected chi connectivity index (χ0v) is 18.4. The highest BCUT2D eigenvalue weighted by molar-refractivity contribution is 9.10. The quantitative estimate of drug-likeness (QED) is 0.279. The minimum Gasteiger partial charge on any atom is -0.346 e. The highest BCUT2D eigenvalue weighted by atomic mass is 79.9. The first-order valence-corrected chi connectivity index (χ1v) is 10.6. The first-order chi connectivity index (χ1) is 14.9. The number of carbonyl (C=O) groups is 1. The topological polar surface area (TPSA) is 77.2 Å². The van der Waals surface area contributed by atoms with Crippen molar-refractivity contribution in [2.45, 2.75) is 19.5 Å². The molecule has 31 heavy (non-hydrogen) atoms. The molecule has 0 aliphatic heterocycles. The zero-order chi connectivity index (χ0) is 22.0. The Balaban J connectivity index is 1.48. The molecule has 4 aromatic rings. The average Bonchev–Trinajstić information content (AvgIpc) is 3.17. The summed E-state index contributed by atoms with van der Waals surface area (Å²) in [6.45, 7) is 2.60. The second-order valence-electron chi connectivity index (χ2n) is 7.39. The average molecular weight is 478 g/mol. The molecule has 1 aromatic heterocycles. The van der Waals surface area contributed by atoms with Crippen molar-refractivity contribution < 1.29 is 9.72 Å². The monoisotopic (exact) mass is 477 g/mol. The van der Waals surface area contributed by atoms with Gasteiger partial charge in [-0.25, -0.2) is 0 Å². The molecule has 3 aromatic carbocycles. The SMILES string of the molecule is CC(NC(=O)c1ccc2c(ccn2Cc2ccc(Br)cc2)c1)c1ccc([N+](=O)[O-])cc1. The Morgan fingerprint density at radius 2 is 1.77 bits per heavy atom. The Hall–Kier alpha value is -3.45. The lowest BCUT2D eigenvalue weighted by Gasteiger charge is -2.14. The summed E-state index contributed by atoms with van der Waals surface area (Å²) in [5.74, 6) is -0.187. The predicted molar refractivity (Wildman–Crippen MR) is 124 cm³/mol. The fourth-order valence-corrected chi connectivity index (χ4v) is 3.78. The van der Waals surface area contributed by atoms with Gasteiger partial charge in [0, 0.05) is 45.8 Å². The lowest BCUT2D eigenvalue weighted by Crippen LogP contribution is -2.26. The molecule has 0 radical (unpaired) electrons. The van der Waals surface area contributed by atoms with E-state index in [0.29, 0.717) is 5.56 Å². The molecule has 0 spiro atoms. The number of nitrogens with zero attached hydrogens (tertiary/aromatic N) is 2. The van der Waals surface area contributed by atoms with Crippen LogP contribution in [0.4, 0.5) is 5.69 Å². The summed E-state index contributed by atoms with van der Waals surface area (Å²) in [4.78, 5) is 23.1. The van der Waals surface area contributed by atoms with Crippen LogP contribution >= 0.6 is 15.9 Å². The summed E-state index contributed by atoms with van der Waals surface area (Å²) in [6, 6.07) is 21.8. The molecule has 0 aliphatic rings. The normalized spacial score (nSPS) is 11.9. The van der Waals surface area contributed by atoms with Crippen LogP contribution in [0.3, 0.4) is 0 Å². The van der Waals surface area contributed by atoms with Crippen LogP contribution in [-0.4, -0.2) is 15.4 Å². The van der Waals surface area contributed by atoms with Crippen LogP contribution in [0.1, 0.15) is 34.5 Å². The number of nitrogens with one attached hydrogen (secondary N) is 1. The van der Waals surface area contributed by atoms with E-state index in [-0.39, 0.29) is 17.6 Å². The van der Waals surface area contributed by atoms with Crippen LogP contribution in [0.5, 0.6) is 0 Å². The molecule has 1 unspecified atom stereocenters. The van der Waals surface area contributed by atoms with Gasteiger partial charge < -0.3 is 9.88 Å². The number of non-ortho nitro benzene ring substituents is 1. The third-order valence-corrected chi connectivity index (χ3v) is 5.78. The molecule has 6 nitrogen and oxygen atoms in total. The van der Waals surface area contributed by atoms with Gasteiger partial charge in [0.25, 0.3) is 11.6 Å². The molecule has 156 valence electrons. The maximum Gasteiger partial charge on any atom is 0.269 e. The molecular weight excluding hydrogens is 458 g/mol. The molecule has 1 heterocycles. The molecule has 4 rings (SSSR count). The van der Waals surface area contributed by atoms with Crippen molar-refractivity contribution >= 4 is 38.4 Å². The lowest BCUT2D eigenvalue weighted by atomic mass is 10.1. The van der Waals surface area contributed by atoms with Crippen molar-refractivity contribution in [2.24, 2.45) is 0 Å². The van der Waals surface area contributed by atoms with E-state index in [2.05, 4.69) is 37.9 Å². The molecule has 0 aliphatic carbocycles. The molecule has 0 saturated carbocycles. The molecule has 7 heteroatoms. The third kappa shape index (κ3) is 4.67. The number of benzene rings is 3. The van der Waals surface area contributed by atoms with Gasteiger partial charge in [-0.2, -0.15) is 0 Å². The lowest BCUT2D eigenvalue weighted by molar-refractivity contribution is -0.384. The fourth-order valence-electron chi connectivity index (χ4n) is 3.51. The fraction of sp³-hybridized carbons (Fsp3) is 0.125. The Morgan fingerprint density at radius 1 is 1.06 bits per heavy atom. The van der Waals surface area contributed by atoms with Crippen molar-refractivity contribution in [3.8, 4) is 0 Å². The number of hydrogen-bond acceptors (Lipinski definition) is 3. The number of carbonyl (C=O) groups excluding carboxylic acids is 1. The van der Waals surface area contributed by atoms with E-state index in [9.17, 15) is 14.9 Å². The highest BCUT2D eigenvalue weighted by Gasteiger charge is 2.14. The summed E-state index contributed by atoms with van der Waals surface area (Å²) in [7, 11) is 0. The predicted octanol–water partition coefficient (Wildman–Crippen LogP) is 5.85. The number of halogens is 1. The summed E-state index contributed by atoms with van der Waals surface area (Å²) >= 11 is 3.45. The van der Waals surface area contributed by atoms with E-state index in [0.717, 1.165) is 27.5 Å². The smallest absolute Gasteiger partial charge is 0.269 e. The Bertz CT molecular complexity index is 1250. The van der Waals surface area contributed by atoms with Gasteiger partial charge in [-0.1, -0.05) is 40.2 Å². The van der Waals surface area contributed by atoms with E-state index >= 15 is 0 Å². The molecule has 0 bridgehead atoms. The van der Waals surface area contributed by atoms with E-state index < -0.39 is 4.92 Å². The standard InChI is InChI=1S/C24H20BrN3O3/c1-16(18-4-9-22(10-5-18)28(30)31)26-24(29)20-6-11-23-19(14-20)12-13-27(23)15-17-2-7-21(25)8-3-17/h2-14,16H,15H2,1H3,(H,26,29). The molecule has 1 atom stereocenters. The van der Waals surface area contributed by atoms with Crippen LogP contribution in [-0.2, 0) is 6.54 Å². The number of amides is 1. The third-order valence-electron chi connectivity index (χ3n) is 5.25. The zero-order valence-electron chi connectivity index (χ0n) is 16.8. The van der Waals surface area contributed by atoms with Gasteiger partial charge in [0.15, 0.2) is 0 Å². The molecule has 1 N–H and O–H groups in total. The first-order valence-electron chi connectivity index (χ1n) is 9.79. The van der Waals surface area contributed by atoms with E-state index in [4.69, 9.17) is 0 Å². The molecular formula is C24H20BrN3O3. The first kappa shape index (κ1) is 20.8. The van der Waals surface area contributed by atoms with Crippen LogP contribution in [0, 0.1) is 10.1 Å². The summed E-state index contributed by atoms with van der Waals surface area (Å²) in [5.41, 5.74) is 3.66. The Kier molecular flexibility index (Phi) is 5.86. The maximum atomic E-state index is 12.7. The van der Waals surface area contributed by atoms with Crippen LogP contribution < -0.4 is 5.32 Å². The minimum absolute atomic E-state index is 0.0281. The number of nitro groups is 1. The van der Waals surface area contributed by atoms with Gasteiger partial charge in [0.2, 0.25) is 0 Å². The number of aromatic nitrogens is 1. The largest absolute Gasteiger partial charge is 0.346 e. The van der Waals surface area contributed by atoms with E-state index in [1.54, 1.807) is 12.1 Å². The van der Waals surface area contributed by atoms with Gasteiger partial charge in [0.1, 0.15) is 0 Å². The highest BCUT2D eigenvalue weighted by Crippen LogP contribution is 2.22. The maximum absolute atomic E-state index is 12.7. The van der Waals surface area contributed by atoms with Crippen LogP contribution in [0.15, 0.2) is 83.5 Å². The molecule has 0 saturated heterocycles. The van der Waals surface area contributed by atoms with Crippen molar-refractivity contribution in [3.63, 3.8) is 0 Å². The van der Waals surface area contributed by atoms with E-state index in [1.807, 2.05) is 49.5 Å². The van der Waals surface area contributed by atoms with Gasteiger partial charge in [-0.05, 0) is 54.4 Å². The van der Waals surface area contributed by atoms with Gasteiger partial charge in [-0.3, -0.25) is 14.9 Å². The van der Waals surface area contributed by atoms with Gasteiger partial charge in [-0.15, -0.1) is 0 Å². The minimum atomic E-state index is -0.439. The molecule has 1 amide bonds. The summed E-state index contributed by atoms with van der Waals surface area (Å²) < 4.78 is 3.20. The van der Waals surface area contributed by atoms with Gasteiger partial charge in [0.05, 0.1) is 11.0 Å². The molecule has 0 fully saturated rings. The Labute approximate surface area is 187 Å². The Morgan fingerprint density at radius 3 is 2.45 bits per heavy atom. The number of fused-ring (bicyclic) bond motifs is 1. The number of rotatable bonds is 6. The number of hydrogen-bond donors (Lipinski definition) is 1. The van der Waals surface area contributed by atoms with Crippen molar-refractivity contribution in [1.82, 2.24) is 9.88 Å².